The van der Waals surface area contributed by atoms with Crippen molar-refractivity contribution < 1.29 is 4.42 Å². The van der Waals surface area contributed by atoms with Gasteiger partial charge in [-0.3, -0.25) is 15.0 Å². The van der Waals surface area contributed by atoms with Gasteiger partial charge in [0.25, 0.3) is 0 Å². The molecule has 0 fully saturated rings. The van der Waals surface area contributed by atoms with Crippen molar-refractivity contribution in [2.75, 3.05) is 0 Å². The second kappa shape index (κ2) is 41.7. The third kappa shape index (κ3) is 26.0. The predicted octanol–water partition coefficient (Wildman–Crippen LogP) is 18.9. The largest absolute Gasteiger partial charge is 0.443 e. The van der Waals surface area contributed by atoms with Gasteiger partial charge in [-0.1, -0.05) is 132 Å². The molecule has 16 rings (SSSR count). The van der Waals surface area contributed by atoms with Gasteiger partial charge >= 0.3 is 0 Å². The van der Waals surface area contributed by atoms with E-state index in [1.807, 2.05) is 202 Å². The lowest BCUT2D eigenvalue weighted by atomic mass is 10.2. The van der Waals surface area contributed by atoms with Crippen LogP contribution in [0.1, 0.15) is 21.8 Å². The zero-order valence-electron chi connectivity index (χ0n) is 47.0. The Morgan fingerprint density at radius 1 is 0.494 bits per heavy atom. The smallest absolute Gasteiger partial charge is 0.181 e. The first-order chi connectivity index (χ1) is 43.9. The summed E-state index contributed by atoms with van der Waals surface area (Å²) in [4.78, 5) is 24.2. The van der Waals surface area contributed by atoms with Gasteiger partial charge in [0.05, 0.1) is 54.6 Å². The minimum absolute atomic E-state index is 0.185. The van der Waals surface area contributed by atoms with E-state index in [4.69, 9.17) is 37.1 Å². The number of fused-ring (bicyclic) bond motifs is 4. The van der Waals surface area contributed by atoms with E-state index in [2.05, 4.69) is 74.1 Å². The SMILES string of the molecule is Clc1cccs1.Cn1cnc(C#N)c1C#N.N#Cc1ccc2ocnc2c1.N#Cc1cccs1.c1ccc(-c2nncs2)cc1.c1ccc2ncccc2c1.c1ccc2nscc2c1.c1ccc2scnc2c1.c1ccncc1.c1ccsc1.c1cscn1. The molecule has 0 aliphatic carbocycles. The number of thiophene rings is 3. The molecule has 89 heavy (non-hydrogen) atoms. The van der Waals surface area contributed by atoms with Gasteiger partial charge in [-0.05, 0) is 112 Å². The number of thiazole rings is 2. The average molecular weight is 1310 g/mol. The number of imidazole rings is 1. The van der Waals surface area contributed by atoms with Crippen LogP contribution in [0.5, 0.6) is 0 Å². The molecule has 15 nitrogen and oxygen atoms in total. The summed E-state index contributed by atoms with van der Waals surface area (Å²) in [5.41, 5.74) is 12.3. The maximum absolute atomic E-state index is 8.53. The quantitative estimate of drug-likeness (QED) is 0.149. The van der Waals surface area contributed by atoms with Crippen molar-refractivity contribution in [2.24, 2.45) is 7.05 Å². The molecule has 16 aromatic rings. The van der Waals surface area contributed by atoms with Gasteiger partial charge in [0.2, 0.25) is 0 Å². The fraction of sp³-hybridized carbons (Fsp3) is 0.0152. The van der Waals surface area contributed by atoms with Crippen molar-refractivity contribution in [2.45, 2.75) is 0 Å². The first kappa shape index (κ1) is 67.8. The van der Waals surface area contributed by atoms with Crippen LogP contribution in [-0.2, 0) is 7.05 Å². The number of hydrogen-bond donors (Lipinski definition) is 0. The van der Waals surface area contributed by atoms with E-state index in [9.17, 15) is 0 Å². The number of halogens is 1. The van der Waals surface area contributed by atoms with Crippen molar-refractivity contribution in [1.29, 1.82) is 21.0 Å². The van der Waals surface area contributed by atoms with Crippen molar-refractivity contribution in [3.63, 3.8) is 0 Å². The van der Waals surface area contributed by atoms with Crippen LogP contribution in [0.25, 0.3) is 53.7 Å². The van der Waals surface area contributed by atoms with Crippen molar-refractivity contribution in [1.82, 2.24) is 49.0 Å². The predicted molar refractivity (Wildman–Crippen MR) is 367 cm³/mol. The lowest BCUT2D eigenvalue weighted by molar-refractivity contribution is 0.602. The molecule has 0 atom stereocenters. The average Bonchev–Trinajstić information content (AvgIpc) is 4.66. The third-order valence-corrected chi connectivity index (χ3v) is 15.6. The number of rotatable bonds is 1. The van der Waals surface area contributed by atoms with Crippen LogP contribution in [0.15, 0.2) is 279 Å². The first-order valence-corrected chi connectivity index (χ1v) is 32.5. The minimum atomic E-state index is 0.185. The number of oxazole rings is 1. The minimum Gasteiger partial charge on any atom is -0.443 e. The monoisotopic (exact) mass is 1310 g/mol. The topological polar surface area (TPSA) is 229 Å². The molecular formula is C66H49ClN14OS7. The van der Waals surface area contributed by atoms with Crippen LogP contribution in [0.3, 0.4) is 0 Å². The van der Waals surface area contributed by atoms with Crippen LogP contribution in [-0.4, -0.2) is 49.0 Å². The molecule has 0 N–H and O–H groups in total. The Balaban J connectivity index is 0.000000157. The normalized spacial score (nSPS) is 9.19. The van der Waals surface area contributed by atoms with E-state index in [1.54, 1.807) is 118 Å². The molecule has 0 saturated carbocycles. The maximum Gasteiger partial charge on any atom is 0.181 e. The van der Waals surface area contributed by atoms with E-state index in [1.165, 1.54) is 55.6 Å². The van der Waals surface area contributed by atoms with Crippen LogP contribution in [0, 0.1) is 45.3 Å². The van der Waals surface area contributed by atoms with Crippen LogP contribution >= 0.6 is 91.2 Å². The lowest BCUT2D eigenvalue weighted by Gasteiger charge is -1.91. The molecule has 11 aromatic heterocycles. The molecule has 0 saturated heterocycles. The molecule has 438 valence electrons. The van der Waals surface area contributed by atoms with E-state index < -0.39 is 0 Å². The van der Waals surface area contributed by atoms with E-state index in [-0.39, 0.29) is 5.69 Å². The summed E-state index contributed by atoms with van der Waals surface area (Å²) in [5.74, 6) is 0. The zero-order chi connectivity index (χ0) is 62.6. The first-order valence-electron chi connectivity index (χ1n) is 25.9. The molecular weight excluding hydrogens is 1260 g/mol. The van der Waals surface area contributed by atoms with E-state index in [0.717, 1.165) is 41.9 Å². The zero-order valence-corrected chi connectivity index (χ0v) is 53.4. The van der Waals surface area contributed by atoms with Gasteiger partial charge in [0.15, 0.2) is 23.4 Å². The Bertz CT molecular complexity index is 4270. The number of nitrogens with zero attached hydrogens (tertiary/aromatic N) is 14. The summed E-state index contributed by atoms with van der Waals surface area (Å²) in [6.45, 7) is 0. The standard InChI is InChI=1S/C9H7N.C8H4N2O.C8H6N2S.2C7H5NS.C6H4N4.C5H3NS.C5H5N.C4H3ClS.C4H4S.C3H3NS/c1-2-6-9-8(4-1)5-3-7-10-9;9-4-6-1-2-8-7(3-6)10-5-11-8;1-2-4-7(5-3-1)8-10-9-6-11-8;1-2-4-7-6(3-1)8-5-9-7;1-2-4-7-6(3-1)5-9-8-7;1-10-4-9-5(2-7)6(10)3-8;6-4-5-2-1-3-7-5;1-2-4-6-5-3-1;5-4-2-1-3-6-4;1-2-4-5-3-1;1-2-5-3-4-1/h1-7H;1-3,5H;1-6H;2*1-5H;4H,1H3;1-3H;1-5H;1-3H;1-4H;1-3H. The second-order valence-corrected chi connectivity index (χ2v) is 22.9. The van der Waals surface area contributed by atoms with Gasteiger partial charge in [-0.15, -0.1) is 55.5 Å². The number of pyridine rings is 2. The van der Waals surface area contributed by atoms with E-state index >= 15 is 0 Å². The highest BCUT2D eigenvalue weighted by molar-refractivity contribution is 7.16. The van der Waals surface area contributed by atoms with Crippen LogP contribution < -0.4 is 0 Å². The third-order valence-electron chi connectivity index (χ3n) is 10.5. The van der Waals surface area contributed by atoms with Crippen molar-refractivity contribution in [3.05, 3.63) is 301 Å². The highest BCUT2D eigenvalue weighted by atomic mass is 35.5. The highest BCUT2D eigenvalue weighted by Gasteiger charge is 2.05. The number of nitriles is 4. The number of hydrogen-bond acceptors (Lipinski definition) is 21. The maximum atomic E-state index is 8.53. The van der Waals surface area contributed by atoms with Gasteiger partial charge < -0.3 is 8.98 Å². The molecule has 0 aliphatic rings. The summed E-state index contributed by atoms with van der Waals surface area (Å²) in [5, 5.41) is 56.6. The Morgan fingerprint density at radius 2 is 1.21 bits per heavy atom. The molecule has 0 amide bonds. The Kier molecular flexibility index (Phi) is 31.7. The molecule has 0 aliphatic heterocycles. The highest BCUT2D eigenvalue weighted by Crippen LogP contribution is 2.20. The molecule has 5 aromatic carbocycles. The summed E-state index contributed by atoms with van der Waals surface area (Å²) in [7, 11) is 1.67. The Hall–Kier alpha value is -10.3. The van der Waals surface area contributed by atoms with Crippen LogP contribution in [0.4, 0.5) is 0 Å². The molecule has 0 unspecified atom stereocenters. The van der Waals surface area contributed by atoms with Gasteiger partial charge in [-0.2, -0.15) is 36.8 Å². The van der Waals surface area contributed by atoms with Crippen molar-refractivity contribution >= 4 is 134 Å². The number of para-hydroxylation sites is 2. The van der Waals surface area contributed by atoms with E-state index in [0.29, 0.717) is 16.8 Å². The second-order valence-electron chi connectivity index (χ2n) is 16.4. The lowest BCUT2D eigenvalue weighted by Crippen LogP contribution is -1.89. The fourth-order valence-electron chi connectivity index (χ4n) is 6.40. The Labute approximate surface area is 546 Å². The Morgan fingerprint density at radius 3 is 1.75 bits per heavy atom. The van der Waals surface area contributed by atoms with Crippen molar-refractivity contribution in [3.8, 4) is 34.8 Å². The summed E-state index contributed by atoms with van der Waals surface area (Å²) in [6, 6.07) is 68.4. The van der Waals surface area contributed by atoms with Crippen LogP contribution in [0.2, 0.25) is 4.34 Å². The summed E-state index contributed by atoms with van der Waals surface area (Å²) < 4.78 is 12.8. The number of benzene rings is 5. The molecule has 0 spiro atoms. The van der Waals surface area contributed by atoms with Gasteiger partial charge in [0, 0.05) is 58.9 Å². The summed E-state index contributed by atoms with van der Waals surface area (Å²) >= 11 is 16.5. The molecule has 0 bridgehead atoms. The molecule has 23 heteroatoms. The fourth-order valence-corrected chi connectivity index (χ4v) is 10.3. The number of aromatic nitrogens is 10. The van der Waals surface area contributed by atoms with Gasteiger partial charge in [0.1, 0.15) is 39.1 Å². The van der Waals surface area contributed by atoms with Gasteiger partial charge in [-0.25, -0.2) is 15.0 Å². The summed E-state index contributed by atoms with van der Waals surface area (Å²) in [6.07, 6.45) is 9.88. The molecule has 11 heterocycles. The molecule has 0 radical (unpaired) electrons. The number of aryl methyl sites for hydroxylation is 1.